The van der Waals surface area contributed by atoms with Gasteiger partial charge < -0.3 is 29.6 Å². The molecule has 6 rings (SSSR count). The molecule has 0 spiro atoms. The van der Waals surface area contributed by atoms with E-state index < -0.39 is 0 Å². The predicted molar refractivity (Wildman–Crippen MR) is 157 cm³/mol. The van der Waals surface area contributed by atoms with Gasteiger partial charge in [-0.1, -0.05) is 11.6 Å². The van der Waals surface area contributed by atoms with Crippen molar-refractivity contribution in [1.82, 2.24) is 20.2 Å². The van der Waals surface area contributed by atoms with Gasteiger partial charge >= 0.3 is 6.09 Å². The Bertz CT molecular complexity index is 1380. The number of piperazine rings is 1. The number of benzene rings is 2. The van der Waals surface area contributed by atoms with Gasteiger partial charge in [-0.05, 0) is 62.1 Å². The molecule has 3 aliphatic rings. The van der Waals surface area contributed by atoms with E-state index in [1.807, 2.05) is 12.3 Å². The summed E-state index contributed by atoms with van der Waals surface area (Å²) in [5.41, 5.74) is 3.87. The van der Waals surface area contributed by atoms with Crippen molar-refractivity contribution >= 4 is 23.4 Å². The number of rotatable bonds is 7. The number of amides is 1. The second-order valence-electron chi connectivity index (χ2n) is 11.2. The summed E-state index contributed by atoms with van der Waals surface area (Å²) in [6.45, 7) is 5.35. The first-order valence-corrected chi connectivity index (χ1v) is 14.8. The van der Waals surface area contributed by atoms with Crippen LogP contribution in [0.3, 0.4) is 0 Å². The Morgan fingerprint density at radius 1 is 1.07 bits per heavy atom. The Balaban J connectivity index is 0.953. The van der Waals surface area contributed by atoms with E-state index in [0.29, 0.717) is 47.9 Å². The van der Waals surface area contributed by atoms with Crippen LogP contribution < -0.4 is 15.0 Å². The summed E-state index contributed by atoms with van der Waals surface area (Å²) in [6.07, 6.45) is 5.88. The fourth-order valence-corrected chi connectivity index (χ4v) is 6.09. The van der Waals surface area contributed by atoms with Crippen LogP contribution in [-0.4, -0.2) is 72.9 Å². The number of anilines is 1. The highest BCUT2D eigenvalue weighted by Crippen LogP contribution is 2.35. The van der Waals surface area contributed by atoms with Crippen LogP contribution in [0.1, 0.15) is 42.9 Å². The number of H-pyrrole nitrogens is 1. The molecular weight excluding hydrogens is 540 g/mol. The monoisotopic (exact) mass is 574 g/mol. The van der Waals surface area contributed by atoms with Gasteiger partial charge in [0.2, 0.25) is 0 Å². The van der Waals surface area contributed by atoms with E-state index in [0.717, 1.165) is 63.3 Å². The van der Waals surface area contributed by atoms with E-state index >= 15 is 0 Å². The molecule has 10 heteroatoms. The first-order chi connectivity index (χ1) is 20.1. The van der Waals surface area contributed by atoms with E-state index in [-0.39, 0.29) is 12.2 Å². The predicted octanol–water partition coefficient (Wildman–Crippen LogP) is 5.18. The lowest BCUT2D eigenvalue weighted by atomic mass is 9.85. The van der Waals surface area contributed by atoms with Gasteiger partial charge in [-0.2, -0.15) is 5.26 Å². The zero-order chi connectivity index (χ0) is 28.2. The summed E-state index contributed by atoms with van der Waals surface area (Å²) in [5, 5.41) is 12.7. The minimum atomic E-state index is -0.193. The molecule has 2 N–H and O–H groups in total. The Morgan fingerprint density at radius 3 is 2.54 bits per heavy atom. The van der Waals surface area contributed by atoms with Gasteiger partial charge in [-0.25, -0.2) is 9.78 Å². The van der Waals surface area contributed by atoms with Gasteiger partial charge in [0.05, 0.1) is 23.3 Å². The summed E-state index contributed by atoms with van der Waals surface area (Å²) in [4.78, 5) is 24.5. The third kappa shape index (κ3) is 6.45. The largest absolute Gasteiger partial charge is 0.490 e. The van der Waals surface area contributed by atoms with Crippen LogP contribution in [0.2, 0.25) is 5.02 Å². The topological polar surface area (TPSA) is 107 Å². The molecule has 214 valence electrons. The SMILES string of the molecule is N#Cc1ccc(OC2CCC(c3cnc(-c4ccc(N5CC(COC(=O)N6CCNCC6)C5)cc4)[nH]3)CC2)cc1Cl. The molecule has 0 radical (unpaired) electrons. The standard InChI is InChI=1S/C31H35ClN6O3/c32-28-15-27(10-5-24(28)16-33)41-26-8-3-22(4-9-26)29-17-35-30(36-29)23-1-6-25(7-2-23)38-18-21(19-38)20-40-31(39)37-13-11-34-12-14-37/h1-2,5-7,10,15,17,21-22,26,34H,3-4,8-9,11-14,18-20H2,(H,35,36). The maximum atomic E-state index is 12.2. The van der Waals surface area contributed by atoms with E-state index in [2.05, 4.69) is 50.5 Å². The lowest BCUT2D eigenvalue weighted by Gasteiger charge is -2.41. The summed E-state index contributed by atoms with van der Waals surface area (Å²) >= 11 is 6.15. The summed E-state index contributed by atoms with van der Waals surface area (Å²) in [6, 6.07) is 15.8. The van der Waals surface area contributed by atoms with Gasteiger partial charge in [-0.3, -0.25) is 0 Å². The van der Waals surface area contributed by atoms with Gasteiger partial charge in [0, 0.05) is 80.3 Å². The van der Waals surface area contributed by atoms with Crippen LogP contribution >= 0.6 is 11.6 Å². The first-order valence-electron chi connectivity index (χ1n) is 14.4. The highest BCUT2D eigenvalue weighted by Gasteiger charge is 2.29. The van der Waals surface area contributed by atoms with Crippen LogP contribution in [-0.2, 0) is 4.74 Å². The summed E-state index contributed by atoms with van der Waals surface area (Å²) in [5.74, 6) is 2.40. The van der Waals surface area contributed by atoms with Crippen molar-refractivity contribution in [2.75, 3.05) is 50.8 Å². The zero-order valence-electron chi connectivity index (χ0n) is 23.0. The van der Waals surface area contributed by atoms with Crippen molar-refractivity contribution in [3.63, 3.8) is 0 Å². The Hall–Kier alpha value is -3.74. The zero-order valence-corrected chi connectivity index (χ0v) is 23.8. The first kappa shape index (κ1) is 27.4. The number of nitrogens with zero attached hydrogens (tertiary/aromatic N) is 4. The highest BCUT2D eigenvalue weighted by atomic mass is 35.5. The molecule has 2 saturated heterocycles. The molecule has 1 aliphatic carbocycles. The van der Waals surface area contributed by atoms with E-state index in [1.165, 1.54) is 11.4 Å². The van der Waals surface area contributed by atoms with Crippen LogP contribution in [0.15, 0.2) is 48.7 Å². The molecule has 1 aromatic heterocycles. The minimum absolute atomic E-state index is 0.144. The Labute approximate surface area is 245 Å². The number of nitriles is 1. The van der Waals surface area contributed by atoms with Crippen molar-refractivity contribution in [1.29, 1.82) is 5.26 Å². The molecule has 0 bridgehead atoms. The van der Waals surface area contributed by atoms with Gasteiger partial charge in [0.25, 0.3) is 0 Å². The maximum absolute atomic E-state index is 12.2. The van der Waals surface area contributed by atoms with Crippen LogP contribution in [0.5, 0.6) is 5.75 Å². The lowest BCUT2D eigenvalue weighted by Crippen LogP contribution is -2.51. The molecular formula is C31H35ClN6O3. The highest BCUT2D eigenvalue weighted by molar-refractivity contribution is 6.31. The van der Waals surface area contributed by atoms with E-state index in [1.54, 1.807) is 17.0 Å². The quantitative estimate of drug-likeness (QED) is 0.400. The lowest BCUT2D eigenvalue weighted by molar-refractivity contribution is 0.0786. The van der Waals surface area contributed by atoms with Crippen molar-refractivity contribution in [2.24, 2.45) is 5.92 Å². The maximum Gasteiger partial charge on any atom is 0.409 e. The molecule has 3 heterocycles. The van der Waals surface area contributed by atoms with Crippen LogP contribution in [0, 0.1) is 17.2 Å². The van der Waals surface area contributed by atoms with Gasteiger partial charge in [-0.15, -0.1) is 0 Å². The number of carbonyl (C=O) groups excluding carboxylic acids is 1. The molecule has 0 atom stereocenters. The van der Waals surface area contributed by atoms with Crippen LogP contribution in [0.4, 0.5) is 10.5 Å². The summed E-state index contributed by atoms with van der Waals surface area (Å²) in [7, 11) is 0. The van der Waals surface area contributed by atoms with Crippen LogP contribution in [0.25, 0.3) is 11.4 Å². The van der Waals surface area contributed by atoms with Crippen molar-refractivity contribution in [2.45, 2.75) is 37.7 Å². The normalized spacial score (nSPS) is 21.2. The number of aromatic nitrogens is 2. The smallest absolute Gasteiger partial charge is 0.409 e. The number of imidazole rings is 1. The van der Waals surface area contributed by atoms with Gasteiger partial charge in [0.1, 0.15) is 17.6 Å². The number of ether oxygens (including phenoxy) is 2. The molecule has 1 saturated carbocycles. The molecule has 2 aliphatic heterocycles. The van der Waals surface area contributed by atoms with E-state index in [4.69, 9.17) is 26.3 Å². The molecule has 9 nitrogen and oxygen atoms in total. The second kappa shape index (κ2) is 12.4. The molecule has 1 amide bonds. The Morgan fingerprint density at radius 2 is 1.83 bits per heavy atom. The average molecular weight is 575 g/mol. The number of hydrogen-bond donors (Lipinski definition) is 2. The van der Waals surface area contributed by atoms with Crippen molar-refractivity contribution in [3.8, 4) is 23.2 Å². The average Bonchev–Trinajstić information content (AvgIpc) is 3.48. The number of nitrogens with one attached hydrogen (secondary N) is 2. The Kier molecular flexibility index (Phi) is 8.31. The minimum Gasteiger partial charge on any atom is -0.490 e. The number of carbonyl (C=O) groups is 1. The molecule has 0 unspecified atom stereocenters. The fraction of sp³-hybridized carbons (Fsp3) is 0.452. The molecule has 3 aromatic rings. The number of aromatic amines is 1. The van der Waals surface area contributed by atoms with E-state index in [9.17, 15) is 4.79 Å². The molecule has 3 fully saturated rings. The van der Waals surface area contributed by atoms with Gasteiger partial charge in [0.15, 0.2) is 0 Å². The second-order valence-corrected chi connectivity index (χ2v) is 11.6. The van der Waals surface area contributed by atoms with Crippen molar-refractivity contribution in [3.05, 3.63) is 64.9 Å². The third-order valence-corrected chi connectivity index (χ3v) is 8.67. The molecule has 41 heavy (non-hydrogen) atoms. The fourth-order valence-electron chi connectivity index (χ4n) is 5.88. The van der Waals surface area contributed by atoms with Crippen molar-refractivity contribution < 1.29 is 14.3 Å². The third-order valence-electron chi connectivity index (χ3n) is 8.35. The number of halogens is 1. The molecule has 2 aromatic carbocycles. The summed E-state index contributed by atoms with van der Waals surface area (Å²) < 4.78 is 11.7. The number of hydrogen-bond acceptors (Lipinski definition) is 7.